The molecule has 1 aromatic heterocycles. The highest BCUT2D eigenvalue weighted by atomic mass is 33.1. The van der Waals surface area contributed by atoms with Crippen LogP contribution in [0, 0.1) is 17.8 Å². The van der Waals surface area contributed by atoms with Crippen LogP contribution in [-0.2, 0) is 5.60 Å². The summed E-state index contributed by atoms with van der Waals surface area (Å²) in [5, 5.41) is 70.2. The SMILES string of the molecule is COc1c(O)c(OCCC(C)C)cc([C@@]23CC[C@]45CC[C@@H](C[C@@H]6c7cc(O)ccc7-c7c(OCCO)cc(c(c7[C@H]6CO)[C@H]4[C@H]2O)O3)[C@@H]2CC(c3cc[n-]c3)=C[C@H](C2)SS5)c1O. The summed E-state index contributed by atoms with van der Waals surface area (Å²) in [6, 6.07) is 11.0. The Morgan fingerprint density at radius 3 is 2.53 bits per heavy atom. The number of aliphatic hydroxyl groups excluding tert-OH is 3. The average molecular weight is 883 g/mol. The number of nitrogens with zero attached hydrogens (tertiary/aromatic N) is 1. The lowest BCUT2D eigenvalue weighted by Crippen LogP contribution is -2.61. The van der Waals surface area contributed by atoms with E-state index < -0.39 is 28.3 Å². The van der Waals surface area contributed by atoms with Crippen LogP contribution in [0.4, 0.5) is 0 Å². The van der Waals surface area contributed by atoms with Gasteiger partial charge in [0.15, 0.2) is 17.1 Å². The van der Waals surface area contributed by atoms with Gasteiger partial charge in [0, 0.05) is 44.6 Å². The van der Waals surface area contributed by atoms with E-state index in [1.54, 1.807) is 12.1 Å². The number of aromatic hydroxyl groups is 3. The highest BCUT2D eigenvalue weighted by Crippen LogP contribution is 2.71. The molecule has 3 aromatic carbocycles. The first-order chi connectivity index (χ1) is 30.0. The van der Waals surface area contributed by atoms with Gasteiger partial charge in [0.2, 0.25) is 11.5 Å². The maximum atomic E-state index is 13.5. The largest absolute Gasteiger partial charge is 0.670 e. The number of aromatic nitrogens is 1. The summed E-state index contributed by atoms with van der Waals surface area (Å²) in [6.07, 6.45) is 11.2. The van der Waals surface area contributed by atoms with E-state index in [4.69, 9.17) is 18.9 Å². The molecule has 6 N–H and O–H groups in total. The highest BCUT2D eigenvalue weighted by Gasteiger charge is 2.65. The van der Waals surface area contributed by atoms with Crippen LogP contribution in [0.2, 0.25) is 0 Å². The minimum Gasteiger partial charge on any atom is -0.670 e. The molecular formula is C49H56NO10S2-. The van der Waals surface area contributed by atoms with Crippen molar-refractivity contribution in [2.45, 2.75) is 105 Å². The maximum Gasteiger partial charge on any atom is 0.207 e. The molecule has 11 nitrogen and oxygen atoms in total. The van der Waals surface area contributed by atoms with Crippen molar-refractivity contribution in [1.82, 2.24) is 4.98 Å². The molecule has 1 spiro atoms. The molecule has 62 heavy (non-hydrogen) atoms. The van der Waals surface area contributed by atoms with Gasteiger partial charge in [-0.25, -0.2) is 0 Å². The Balaban J connectivity index is 1.24. The Bertz CT molecular complexity index is 2380. The normalized spacial score (nSPS) is 30.4. The van der Waals surface area contributed by atoms with Crippen LogP contribution in [0.5, 0.6) is 40.2 Å². The van der Waals surface area contributed by atoms with Crippen LogP contribution in [0.15, 0.2) is 54.9 Å². The number of hydrogen-bond acceptors (Lipinski definition) is 12. The molecule has 1 saturated heterocycles. The lowest BCUT2D eigenvalue weighted by atomic mass is 9.56. The summed E-state index contributed by atoms with van der Waals surface area (Å²) < 4.78 is 25.0. The number of hydrogen-bond donors (Lipinski definition) is 6. The zero-order valence-corrected chi connectivity index (χ0v) is 37.0. The zero-order chi connectivity index (χ0) is 43.1. The van der Waals surface area contributed by atoms with Crippen molar-refractivity contribution in [1.29, 1.82) is 0 Å². The molecular weight excluding hydrogens is 827 g/mol. The Morgan fingerprint density at radius 1 is 0.935 bits per heavy atom. The molecule has 13 heteroatoms. The van der Waals surface area contributed by atoms with Gasteiger partial charge in [-0.2, -0.15) is 12.4 Å². The second kappa shape index (κ2) is 16.1. The Morgan fingerprint density at radius 2 is 1.77 bits per heavy atom. The fraction of sp³-hybridized carbons (Fsp3) is 0.510. The first kappa shape index (κ1) is 41.8. The fourth-order valence-corrected chi connectivity index (χ4v) is 15.8. The summed E-state index contributed by atoms with van der Waals surface area (Å²) >= 11 is 0. The summed E-state index contributed by atoms with van der Waals surface area (Å²) in [4.78, 5) is 4.43. The Hall–Kier alpha value is -4.14. The van der Waals surface area contributed by atoms with Crippen LogP contribution in [0.3, 0.4) is 0 Å². The standard InChI is InChI=1S/C49H56NO10S2/c1-25(2)8-14-58-39-21-36(44(54)46(57-3)45(39)55)49-11-10-48-9-6-26(28-16-29(27-7-12-50-23-27)18-31(17-28)61-62-48)19-33-34-20-30(53)4-5-32(34)40-37(59-15-13-51)22-38(60-49)42(43(48)47(49)56)41(40)35(33)24-52/h4-5,7,12,18,20-23,25-26,28,31,33,35,43,47,51-56H,6,8-11,13-17,19,24H2,1-3H3/q-1/t26-,28+,31-,33+,35-,43-,47+,48+,49-/m0/s1. The molecule has 0 amide bonds. The highest BCUT2D eigenvalue weighted by molar-refractivity contribution is 8.77. The van der Waals surface area contributed by atoms with Crippen LogP contribution in [0.25, 0.3) is 16.7 Å². The summed E-state index contributed by atoms with van der Waals surface area (Å²) in [5.74, 6) is 0.194. The van der Waals surface area contributed by atoms with Crippen molar-refractivity contribution in [2.24, 2.45) is 17.8 Å². The van der Waals surface area contributed by atoms with Crippen molar-refractivity contribution in [2.75, 3.05) is 33.5 Å². The minimum atomic E-state index is -1.51. The first-order valence-corrected chi connectivity index (χ1v) is 24.4. The lowest BCUT2D eigenvalue weighted by Gasteiger charge is -2.59. The van der Waals surface area contributed by atoms with Crippen LogP contribution in [-0.4, -0.2) is 80.3 Å². The van der Waals surface area contributed by atoms with Crippen LogP contribution >= 0.6 is 21.6 Å². The summed E-state index contributed by atoms with van der Waals surface area (Å²) in [6.45, 7) is 4.08. The predicted molar refractivity (Wildman–Crippen MR) is 240 cm³/mol. The third-order valence-corrected chi connectivity index (χ3v) is 18.6. The van der Waals surface area contributed by atoms with E-state index >= 15 is 0 Å². The second-order valence-electron chi connectivity index (χ2n) is 18.7. The minimum absolute atomic E-state index is 0.00585. The molecule has 2 fully saturated rings. The van der Waals surface area contributed by atoms with Gasteiger partial charge < -0.3 is 54.6 Å². The van der Waals surface area contributed by atoms with E-state index in [0.29, 0.717) is 42.8 Å². The van der Waals surface area contributed by atoms with E-state index in [-0.39, 0.29) is 71.2 Å². The smallest absolute Gasteiger partial charge is 0.207 e. The molecule has 330 valence electrons. The van der Waals surface area contributed by atoms with Gasteiger partial charge in [-0.1, -0.05) is 53.6 Å². The zero-order valence-electron chi connectivity index (χ0n) is 35.4. The number of methoxy groups -OCH3 is 1. The van der Waals surface area contributed by atoms with E-state index in [0.717, 1.165) is 71.9 Å². The van der Waals surface area contributed by atoms with Crippen molar-refractivity contribution in [3.05, 3.63) is 82.7 Å². The number of allylic oxidation sites excluding steroid dienone is 1. The maximum absolute atomic E-state index is 13.5. The monoisotopic (exact) mass is 882 g/mol. The molecule has 8 bridgehead atoms. The van der Waals surface area contributed by atoms with E-state index in [9.17, 15) is 30.6 Å². The van der Waals surface area contributed by atoms with Crippen LogP contribution in [0.1, 0.15) is 111 Å². The number of benzene rings is 3. The second-order valence-corrected chi connectivity index (χ2v) is 21.5. The number of phenolic OH excluding ortho intramolecular Hbond substituents is 3. The number of ether oxygens (including phenoxy) is 4. The predicted octanol–water partition coefficient (Wildman–Crippen LogP) is 8.73. The van der Waals surface area contributed by atoms with Crippen molar-refractivity contribution >= 4 is 27.2 Å². The molecule has 6 aliphatic rings. The van der Waals surface area contributed by atoms with Gasteiger partial charge >= 0.3 is 0 Å². The molecule has 10 rings (SSSR count). The number of phenols is 3. The molecule has 9 atom stereocenters. The van der Waals surface area contributed by atoms with Gasteiger partial charge in [0.05, 0.1) is 26.9 Å². The van der Waals surface area contributed by atoms with Gasteiger partial charge in [-0.3, -0.25) is 0 Å². The quantitative estimate of drug-likeness (QED) is 0.0791. The molecule has 4 aliphatic carbocycles. The lowest BCUT2D eigenvalue weighted by molar-refractivity contribution is -0.124. The third kappa shape index (κ3) is 6.58. The van der Waals surface area contributed by atoms with Crippen molar-refractivity contribution < 1.29 is 49.6 Å². The van der Waals surface area contributed by atoms with Gasteiger partial charge in [-0.15, -0.1) is 0 Å². The summed E-state index contributed by atoms with van der Waals surface area (Å²) in [7, 11) is 5.15. The molecule has 4 aromatic rings. The van der Waals surface area contributed by atoms with Crippen molar-refractivity contribution in [3.8, 4) is 51.4 Å². The molecule has 3 heterocycles. The molecule has 1 saturated carbocycles. The Kier molecular flexibility index (Phi) is 10.9. The van der Waals surface area contributed by atoms with Gasteiger partial charge in [-0.05, 0) is 121 Å². The first-order valence-electron chi connectivity index (χ1n) is 22.1. The fourth-order valence-electron chi connectivity index (χ4n) is 12.0. The molecule has 2 aliphatic heterocycles. The topological polar surface area (TPSA) is 172 Å². The average Bonchev–Trinajstić information content (AvgIpc) is 3.81. The van der Waals surface area contributed by atoms with E-state index in [2.05, 4.69) is 31.0 Å². The number of aliphatic hydroxyl groups is 3. The third-order valence-electron chi connectivity index (χ3n) is 15.0. The number of fused-ring (bicyclic) bond motifs is 10. The summed E-state index contributed by atoms with van der Waals surface area (Å²) in [5.41, 5.74) is 5.51. The van der Waals surface area contributed by atoms with Gasteiger partial charge in [0.1, 0.15) is 30.0 Å². The van der Waals surface area contributed by atoms with E-state index in [1.165, 1.54) is 12.7 Å². The number of rotatable bonds is 11. The van der Waals surface area contributed by atoms with Gasteiger partial charge in [0.25, 0.3) is 0 Å². The van der Waals surface area contributed by atoms with Crippen molar-refractivity contribution in [3.63, 3.8) is 0 Å². The molecule has 0 radical (unpaired) electrons. The molecule has 0 unspecified atom stereocenters. The van der Waals surface area contributed by atoms with E-state index in [1.807, 2.05) is 52.2 Å². The Labute approximate surface area is 370 Å². The van der Waals surface area contributed by atoms with Crippen LogP contribution < -0.4 is 23.9 Å².